The van der Waals surface area contributed by atoms with Crippen LogP contribution in [0.2, 0.25) is 0 Å². The predicted octanol–water partition coefficient (Wildman–Crippen LogP) is 4.50. The summed E-state index contributed by atoms with van der Waals surface area (Å²) in [5, 5.41) is 8.03. The van der Waals surface area contributed by atoms with E-state index in [2.05, 4.69) is 57.4 Å². The number of aryl methyl sites for hydroxylation is 1. The van der Waals surface area contributed by atoms with Gasteiger partial charge in [0.25, 0.3) is 0 Å². The molecule has 1 saturated heterocycles. The second kappa shape index (κ2) is 8.26. The van der Waals surface area contributed by atoms with Gasteiger partial charge in [0.15, 0.2) is 5.82 Å². The molecule has 6 rings (SSSR count). The molecule has 0 bridgehead atoms. The molecule has 0 amide bonds. The van der Waals surface area contributed by atoms with E-state index in [0.717, 1.165) is 65.2 Å². The van der Waals surface area contributed by atoms with Crippen molar-refractivity contribution in [2.45, 2.75) is 25.8 Å². The number of rotatable bonds is 4. The number of fused-ring (bicyclic) bond motifs is 2. The second-order valence-corrected chi connectivity index (χ2v) is 8.58. The number of benzene rings is 2. The van der Waals surface area contributed by atoms with Crippen LogP contribution in [0, 0.1) is 6.92 Å². The molecule has 0 spiro atoms. The van der Waals surface area contributed by atoms with E-state index in [4.69, 9.17) is 15.0 Å². The number of nitrogens with zero attached hydrogens (tertiary/aromatic N) is 5. The number of aromatic nitrogens is 5. The summed E-state index contributed by atoms with van der Waals surface area (Å²) in [5.41, 5.74) is 4.84. The normalized spacial score (nSPS) is 16.3. The Kier molecular flexibility index (Phi) is 4.96. The van der Waals surface area contributed by atoms with E-state index >= 15 is 0 Å². The van der Waals surface area contributed by atoms with Gasteiger partial charge in [-0.05, 0) is 62.2 Å². The number of piperidine rings is 1. The van der Waals surface area contributed by atoms with Gasteiger partial charge in [-0.2, -0.15) is 4.98 Å². The molecule has 164 valence electrons. The summed E-state index contributed by atoms with van der Waals surface area (Å²) >= 11 is 0. The highest BCUT2D eigenvalue weighted by molar-refractivity contribution is 5.85. The summed E-state index contributed by atoms with van der Waals surface area (Å²) < 4.78 is 2.09. The molecule has 1 fully saturated rings. The van der Waals surface area contributed by atoms with Crippen molar-refractivity contribution >= 4 is 27.9 Å². The lowest BCUT2D eigenvalue weighted by Gasteiger charge is -2.23. The number of nitrogens with one attached hydrogen (secondary N) is 2. The van der Waals surface area contributed by atoms with Crippen LogP contribution in [0.25, 0.3) is 39.3 Å². The quantitative estimate of drug-likeness (QED) is 0.433. The zero-order valence-electron chi connectivity index (χ0n) is 18.5. The average molecular weight is 436 g/mol. The molecule has 1 atom stereocenters. The highest BCUT2D eigenvalue weighted by Gasteiger charge is 2.19. The molecule has 2 N–H and O–H groups in total. The van der Waals surface area contributed by atoms with Crippen molar-refractivity contribution in [3.05, 3.63) is 72.4 Å². The molecular weight excluding hydrogens is 410 g/mol. The minimum absolute atomic E-state index is 0.331. The SMILES string of the molecule is Cc1ccc2nc(-c3ccc4ccccc4n3)n(-c3ccnc(N[C@H]4CCCNC4)n3)c2c1. The van der Waals surface area contributed by atoms with E-state index in [1.165, 1.54) is 5.56 Å². The molecule has 33 heavy (non-hydrogen) atoms. The van der Waals surface area contributed by atoms with Crippen molar-refractivity contribution in [1.82, 2.24) is 29.8 Å². The molecule has 1 aliphatic rings. The molecule has 0 saturated carbocycles. The maximum atomic E-state index is 4.96. The molecule has 0 aliphatic carbocycles. The van der Waals surface area contributed by atoms with Crippen molar-refractivity contribution in [2.24, 2.45) is 0 Å². The van der Waals surface area contributed by atoms with Gasteiger partial charge in [0.1, 0.15) is 11.5 Å². The van der Waals surface area contributed by atoms with E-state index in [0.29, 0.717) is 12.0 Å². The van der Waals surface area contributed by atoms with Crippen molar-refractivity contribution in [2.75, 3.05) is 18.4 Å². The van der Waals surface area contributed by atoms with E-state index in [1.54, 1.807) is 6.20 Å². The van der Waals surface area contributed by atoms with E-state index in [9.17, 15) is 0 Å². The third kappa shape index (κ3) is 3.81. The van der Waals surface area contributed by atoms with Gasteiger partial charge in [-0.15, -0.1) is 0 Å². The minimum atomic E-state index is 0.331. The predicted molar refractivity (Wildman–Crippen MR) is 132 cm³/mol. The van der Waals surface area contributed by atoms with Crippen LogP contribution >= 0.6 is 0 Å². The number of para-hydroxylation sites is 1. The van der Waals surface area contributed by atoms with Gasteiger partial charge in [0.05, 0.1) is 16.6 Å². The summed E-state index contributed by atoms with van der Waals surface area (Å²) in [4.78, 5) is 19.2. The van der Waals surface area contributed by atoms with Crippen LogP contribution in [0.5, 0.6) is 0 Å². The van der Waals surface area contributed by atoms with Crippen LogP contribution in [-0.2, 0) is 0 Å². The number of hydrogen-bond acceptors (Lipinski definition) is 6. The molecule has 5 aromatic rings. The Hall–Kier alpha value is -3.84. The molecule has 2 aromatic carbocycles. The number of imidazole rings is 1. The Morgan fingerprint density at radius 1 is 0.970 bits per heavy atom. The molecular formula is C26H25N7. The van der Waals surface area contributed by atoms with Gasteiger partial charge in [0.2, 0.25) is 5.95 Å². The lowest BCUT2D eigenvalue weighted by atomic mass is 10.1. The van der Waals surface area contributed by atoms with Crippen LogP contribution < -0.4 is 10.6 Å². The third-order valence-electron chi connectivity index (χ3n) is 6.14. The molecule has 0 unspecified atom stereocenters. The fraction of sp³-hybridized carbons (Fsp3) is 0.231. The maximum absolute atomic E-state index is 4.96. The van der Waals surface area contributed by atoms with E-state index in [1.807, 2.05) is 30.3 Å². The molecule has 1 aliphatic heterocycles. The largest absolute Gasteiger partial charge is 0.350 e. The fourth-order valence-electron chi connectivity index (χ4n) is 4.48. The molecule has 3 aromatic heterocycles. The number of anilines is 1. The first-order chi connectivity index (χ1) is 16.2. The topological polar surface area (TPSA) is 80.5 Å². The first kappa shape index (κ1) is 19.8. The van der Waals surface area contributed by atoms with E-state index in [-0.39, 0.29) is 0 Å². The zero-order chi connectivity index (χ0) is 22.2. The van der Waals surface area contributed by atoms with Gasteiger partial charge in [-0.25, -0.2) is 15.0 Å². The van der Waals surface area contributed by atoms with E-state index < -0.39 is 0 Å². The van der Waals surface area contributed by atoms with Gasteiger partial charge in [-0.1, -0.05) is 30.3 Å². The summed E-state index contributed by atoms with van der Waals surface area (Å²) in [6.45, 7) is 4.09. The highest BCUT2D eigenvalue weighted by atomic mass is 15.2. The van der Waals surface area contributed by atoms with Crippen molar-refractivity contribution in [3.8, 4) is 17.3 Å². The van der Waals surface area contributed by atoms with Crippen LogP contribution in [0.1, 0.15) is 18.4 Å². The van der Waals surface area contributed by atoms with Crippen molar-refractivity contribution in [1.29, 1.82) is 0 Å². The molecule has 7 heteroatoms. The Bertz CT molecular complexity index is 1450. The standard InChI is InChI=1S/C26H25N7/c1-17-8-10-21-23(15-17)33(24-12-14-28-26(32-24)29-19-6-4-13-27-16-19)25(31-21)22-11-9-18-5-2-3-7-20(18)30-22/h2-3,5,7-12,14-15,19,27H,4,6,13,16H2,1H3,(H,28,29,32)/t19-/m0/s1. The highest BCUT2D eigenvalue weighted by Crippen LogP contribution is 2.29. The van der Waals surface area contributed by atoms with Gasteiger partial charge in [0, 0.05) is 24.2 Å². The van der Waals surface area contributed by atoms with Gasteiger partial charge in [-0.3, -0.25) is 4.57 Å². The Morgan fingerprint density at radius 2 is 1.91 bits per heavy atom. The second-order valence-electron chi connectivity index (χ2n) is 8.58. The lowest BCUT2D eigenvalue weighted by Crippen LogP contribution is -2.38. The Morgan fingerprint density at radius 3 is 2.82 bits per heavy atom. The summed E-state index contributed by atoms with van der Waals surface area (Å²) in [6, 6.07) is 20.8. The first-order valence-corrected chi connectivity index (χ1v) is 11.4. The average Bonchev–Trinajstić information content (AvgIpc) is 3.23. The smallest absolute Gasteiger partial charge is 0.224 e. The summed E-state index contributed by atoms with van der Waals surface area (Å²) in [5.74, 6) is 2.17. The number of pyridine rings is 1. The fourth-order valence-corrected chi connectivity index (χ4v) is 4.48. The number of hydrogen-bond donors (Lipinski definition) is 2. The van der Waals surface area contributed by atoms with Gasteiger partial charge >= 0.3 is 0 Å². The molecule has 0 radical (unpaired) electrons. The monoisotopic (exact) mass is 435 g/mol. The van der Waals surface area contributed by atoms with Crippen LogP contribution in [0.3, 0.4) is 0 Å². The Balaban J connectivity index is 1.49. The molecule has 7 nitrogen and oxygen atoms in total. The third-order valence-corrected chi connectivity index (χ3v) is 6.14. The van der Waals surface area contributed by atoms with Crippen LogP contribution in [0.15, 0.2) is 66.9 Å². The zero-order valence-corrected chi connectivity index (χ0v) is 18.5. The Labute approximate surface area is 191 Å². The van der Waals surface area contributed by atoms with Crippen molar-refractivity contribution in [3.63, 3.8) is 0 Å². The van der Waals surface area contributed by atoms with Gasteiger partial charge < -0.3 is 10.6 Å². The minimum Gasteiger partial charge on any atom is -0.350 e. The van der Waals surface area contributed by atoms with Crippen molar-refractivity contribution < 1.29 is 0 Å². The summed E-state index contributed by atoms with van der Waals surface area (Å²) in [6.07, 6.45) is 4.07. The summed E-state index contributed by atoms with van der Waals surface area (Å²) in [7, 11) is 0. The van der Waals surface area contributed by atoms with Crippen LogP contribution in [0.4, 0.5) is 5.95 Å². The first-order valence-electron chi connectivity index (χ1n) is 11.4. The van der Waals surface area contributed by atoms with Crippen LogP contribution in [-0.4, -0.2) is 43.6 Å². The lowest BCUT2D eigenvalue weighted by molar-refractivity contribution is 0.478. The maximum Gasteiger partial charge on any atom is 0.224 e. The molecule has 4 heterocycles.